The van der Waals surface area contributed by atoms with E-state index in [4.69, 9.17) is 5.11 Å². The van der Waals surface area contributed by atoms with E-state index in [2.05, 4.69) is 11.9 Å². The molecule has 19 heavy (non-hydrogen) atoms. The molecule has 1 amide bonds. The van der Waals surface area contributed by atoms with Gasteiger partial charge in [0.05, 0.1) is 11.8 Å². The lowest BCUT2D eigenvalue weighted by Gasteiger charge is -2.26. The van der Waals surface area contributed by atoms with Crippen LogP contribution in [0.5, 0.6) is 0 Å². The minimum absolute atomic E-state index is 0.0273. The van der Waals surface area contributed by atoms with Gasteiger partial charge in [-0.1, -0.05) is 6.42 Å². The van der Waals surface area contributed by atoms with Crippen LogP contribution in [0.1, 0.15) is 25.7 Å². The summed E-state index contributed by atoms with van der Waals surface area (Å²) in [5.41, 5.74) is 0. The van der Waals surface area contributed by atoms with Gasteiger partial charge < -0.3 is 14.9 Å². The molecule has 5 heteroatoms. The summed E-state index contributed by atoms with van der Waals surface area (Å²) < 4.78 is 0. The van der Waals surface area contributed by atoms with E-state index in [1.165, 1.54) is 0 Å². The number of hydrogen-bond acceptors (Lipinski definition) is 3. The zero-order chi connectivity index (χ0) is 14.0. The first-order valence-corrected chi connectivity index (χ1v) is 7.15. The van der Waals surface area contributed by atoms with Crippen molar-refractivity contribution in [2.45, 2.75) is 25.7 Å². The Morgan fingerprint density at radius 2 is 1.95 bits per heavy atom. The topological polar surface area (TPSA) is 60.9 Å². The normalized spacial score (nSPS) is 31.6. The van der Waals surface area contributed by atoms with Crippen LogP contribution in [0.25, 0.3) is 0 Å². The molecule has 1 N–H and O–H groups in total. The van der Waals surface area contributed by atoms with Crippen molar-refractivity contribution in [3.8, 4) is 0 Å². The van der Waals surface area contributed by atoms with E-state index in [1.807, 2.05) is 7.05 Å². The van der Waals surface area contributed by atoms with Gasteiger partial charge in [0.15, 0.2) is 0 Å². The van der Waals surface area contributed by atoms with Crippen molar-refractivity contribution in [1.29, 1.82) is 0 Å². The van der Waals surface area contributed by atoms with Crippen molar-refractivity contribution in [3.05, 3.63) is 0 Å². The molecule has 1 saturated carbocycles. The summed E-state index contributed by atoms with van der Waals surface area (Å²) in [4.78, 5) is 27.6. The molecular weight excluding hydrogens is 244 g/mol. The average Bonchev–Trinajstić information content (AvgIpc) is 2.97. The average molecular weight is 268 g/mol. The molecule has 2 rings (SSSR count). The molecule has 2 fully saturated rings. The maximum absolute atomic E-state index is 12.4. The van der Waals surface area contributed by atoms with E-state index in [1.54, 1.807) is 4.90 Å². The number of likely N-dealkylation sites (tertiary alicyclic amines) is 1. The number of aliphatic carboxylic acids is 1. The number of carboxylic acids is 1. The van der Waals surface area contributed by atoms with Crippen molar-refractivity contribution in [3.63, 3.8) is 0 Å². The molecule has 3 atom stereocenters. The lowest BCUT2D eigenvalue weighted by Crippen LogP contribution is -2.39. The van der Waals surface area contributed by atoms with E-state index in [0.717, 1.165) is 38.9 Å². The fourth-order valence-electron chi connectivity index (χ4n) is 3.49. The number of carbonyl (C=O) groups is 2. The minimum Gasteiger partial charge on any atom is -0.481 e. The van der Waals surface area contributed by atoms with Crippen LogP contribution >= 0.6 is 0 Å². The third-order valence-electron chi connectivity index (χ3n) is 4.55. The Morgan fingerprint density at radius 3 is 2.53 bits per heavy atom. The second-order valence-corrected chi connectivity index (χ2v) is 6.12. The van der Waals surface area contributed by atoms with Crippen LogP contribution in [-0.2, 0) is 9.59 Å². The van der Waals surface area contributed by atoms with Gasteiger partial charge in [0.2, 0.25) is 5.91 Å². The molecule has 0 radical (unpaired) electrons. The van der Waals surface area contributed by atoms with Crippen LogP contribution in [-0.4, -0.2) is 60.5 Å². The van der Waals surface area contributed by atoms with Gasteiger partial charge in [-0.15, -0.1) is 0 Å². The highest BCUT2D eigenvalue weighted by Crippen LogP contribution is 2.33. The third-order valence-corrected chi connectivity index (χ3v) is 4.55. The van der Waals surface area contributed by atoms with Gasteiger partial charge in [-0.25, -0.2) is 0 Å². The summed E-state index contributed by atoms with van der Waals surface area (Å²) in [5, 5.41) is 9.16. The highest BCUT2D eigenvalue weighted by molar-refractivity contribution is 5.85. The standard InChI is InChI=1S/C14H24N2O3/c1-15-7-6-10(8-15)9-16(2)13(17)11-4-3-5-12(11)14(18)19/h10-12H,3-9H2,1-2H3,(H,18,19). The van der Waals surface area contributed by atoms with E-state index in [0.29, 0.717) is 12.3 Å². The lowest BCUT2D eigenvalue weighted by atomic mass is 9.94. The number of nitrogens with zero attached hydrogens (tertiary/aromatic N) is 2. The number of carbonyl (C=O) groups excluding carboxylic acids is 1. The first kappa shape index (κ1) is 14.3. The SMILES string of the molecule is CN1CCC(CN(C)C(=O)C2CCCC2C(=O)O)C1. The van der Waals surface area contributed by atoms with Crippen LogP contribution in [0.4, 0.5) is 0 Å². The van der Waals surface area contributed by atoms with Crippen LogP contribution in [0.2, 0.25) is 0 Å². The van der Waals surface area contributed by atoms with Gasteiger partial charge in [-0.05, 0) is 38.8 Å². The molecule has 0 aromatic rings. The van der Waals surface area contributed by atoms with Gasteiger partial charge in [0, 0.05) is 20.1 Å². The minimum atomic E-state index is -0.815. The summed E-state index contributed by atoms with van der Waals surface area (Å²) in [6, 6.07) is 0. The van der Waals surface area contributed by atoms with E-state index >= 15 is 0 Å². The predicted molar refractivity (Wildman–Crippen MR) is 71.7 cm³/mol. The summed E-state index contributed by atoms with van der Waals surface area (Å²) >= 11 is 0. The molecule has 108 valence electrons. The van der Waals surface area contributed by atoms with Crippen molar-refractivity contribution in [2.75, 3.05) is 33.7 Å². The van der Waals surface area contributed by atoms with Crippen molar-refractivity contribution < 1.29 is 14.7 Å². The first-order valence-electron chi connectivity index (χ1n) is 7.15. The molecule has 0 aromatic carbocycles. The van der Waals surface area contributed by atoms with Gasteiger partial charge in [0.1, 0.15) is 0 Å². The fourth-order valence-corrected chi connectivity index (χ4v) is 3.49. The summed E-state index contributed by atoms with van der Waals surface area (Å²) in [6.07, 6.45) is 3.35. The Balaban J connectivity index is 1.89. The van der Waals surface area contributed by atoms with Gasteiger partial charge in [0.25, 0.3) is 0 Å². The highest BCUT2D eigenvalue weighted by atomic mass is 16.4. The Morgan fingerprint density at radius 1 is 1.26 bits per heavy atom. The van der Waals surface area contributed by atoms with Crippen molar-refractivity contribution >= 4 is 11.9 Å². The molecule has 1 aliphatic heterocycles. The molecule has 1 saturated heterocycles. The highest BCUT2D eigenvalue weighted by Gasteiger charge is 2.39. The first-order chi connectivity index (χ1) is 8.99. The molecule has 2 aliphatic rings. The number of amides is 1. The summed E-state index contributed by atoms with van der Waals surface area (Å²) in [7, 11) is 3.91. The largest absolute Gasteiger partial charge is 0.481 e. The van der Waals surface area contributed by atoms with Crippen LogP contribution in [0.15, 0.2) is 0 Å². The zero-order valence-corrected chi connectivity index (χ0v) is 11.8. The molecule has 3 unspecified atom stereocenters. The van der Waals surface area contributed by atoms with E-state index in [9.17, 15) is 9.59 Å². The third kappa shape index (κ3) is 3.26. The Bertz CT molecular complexity index is 359. The molecule has 1 heterocycles. The zero-order valence-electron chi connectivity index (χ0n) is 11.8. The van der Waals surface area contributed by atoms with Crippen LogP contribution in [0.3, 0.4) is 0 Å². The maximum Gasteiger partial charge on any atom is 0.307 e. The molecular formula is C14H24N2O3. The monoisotopic (exact) mass is 268 g/mol. The number of rotatable bonds is 4. The fraction of sp³-hybridized carbons (Fsp3) is 0.857. The van der Waals surface area contributed by atoms with Crippen molar-refractivity contribution in [1.82, 2.24) is 9.80 Å². The molecule has 0 aromatic heterocycles. The maximum atomic E-state index is 12.4. The smallest absolute Gasteiger partial charge is 0.307 e. The summed E-state index contributed by atoms with van der Waals surface area (Å²) in [5.74, 6) is -1.03. The predicted octanol–water partition coefficient (Wildman–Crippen LogP) is 0.897. The number of hydrogen-bond donors (Lipinski definition) is 1. The number of carboxylic acid groups (broad SMARTS) is 1. The quantitative estimate of drug-likeness (QED) is 0.823. The molecule has 0 bridgehead atoms. The summed E-state index contributed by atoms with van der Waals surface area (Å²) in [6.45, 7) is 2.88. The van der Waals surface area contributed by atoms with E-state index in [-0.39, 0.29) is 11.8 Å². The second kappa shape index (κ2) is 5.90. The second-order valence-electron chi connectivity index (χ2n) is 6.12. The Labute approximate surface area is 114 Å². The van der Waals surface area contributed by atoms with Gasteiger partial charge in [-0.3, -0.25) is 9.59 Å². The Kier molecular flexibility index (Phi) is 4.45. The molecule has 5 nitrogen and oxygen atoms in total. The molecule has 0 spiro atoms. The van der Waals surface area contributed by atoms with Crippen LogP contribution in [0, 0.1) is 17.8 Å². The lowest BCUT2D eigenvalue weighted by molar-refractivity contribution is -0.148. The van der Waals surface area contributed by atoms with Crippen LogP contribution < -0.4 is 0 Å². The van der Waals surface area contributed by atoms with Crippen molar-refractivity contribution in [2.24, 2.45) is 17.8 Å². The molecule has 1 aliphatic carbocycles. The van der Waals surface area contributed by atoms with E-state index < -0.39 is 11.9 Å². The van der Waals surface area contributed by atoms with Gasteiger partial charge >= 0.3 is 5.97 Å². The Hall–Kier alpha value is -1.10. The van der Waals surface area contributed by atoms with Gasteiger partial charge in [-0.2, -0.15) is 0 Å².